The van der Waals surface area contributed by atoms with Crippen LogP contribution in [0.25, 0.3) is 94.4 Å². The molecule has 0 amide bonds. The lowest BCUT2D eigenvalue weighted by molar-refractivity contribution is 0.669. The zero-order chi connectivity index (χ0) is 31.8. The molecule has 0 aliphatic rings. The van der Waals surface area contributed by atoms with Crippen molar-refractivity contribution in [2.45, 2.75) is 0 Å². The molecule has 48 heavy (non-hydrogen) atoms. The second-order valence-electron chi connectivity index (χ2n) is 11.9. The van der Waals surface area contributed by atoms with Gasteiger partial charge in [-0.1, -0.05) is 97.1 Å². The van der Waals surface area contributed by atoms with Gasteiger partial charge < -0.3 is 4.42 Å². The minimum absolute atomic E-state index is 0.0727. The number of rotatable bonds is 4. The normalized spacial score (nSPS) is 11.8. The van der Waals surface area contributed by atoms with Crippen LogP contribution in [0.3, 0.4) is 0 Å². The van der Waals surface area contributed by atoms with E-state index in [0.29, 0.717) is 22.9 Å². The molecule has 0 bridgehead atoms. The summed E-state index contributed by atoms with van der Waals surface area (Å²) >= 11 is 0. The van der Waals surface area contributed by atoms with Crippen LogP contribution < -0.4 is 5.56 Å². The van der Waals surface area contributed by atoms with Gasteiger partial charge in [0.15, 0.2) is 17.5 Å². The molecule has 10 aromatic rings. The van der Waals surface area contributed by atoms with Gasteiger partial charge in [0, 0.05) is 38.2 Å². The number of hydrogen-bond acceptors (Lipinski definition) is 6. The lowest BCUT2D eigenvalue weighted by Gasteiger charge is -2.12. The summed E-state index contributed by atoms with van der Waals surface area (Å²) in [5.74, 6) is 1.79. The highest BCUT2D eigenvalue weighted by Gasteiger charge is 2.21. The minimum Gasteiger partial charge on any atom is -0.456 e. The van der Waals surface area contributed by atoms with Crippen molar-refractivity contribution in [2.75, 3.05) is 0 Å². The van der Waals surface area contributed by atoms with E-state index < -0.39 is 0 Å². The van der Waals surface area contributed by atoms with E-state index in [-0.39, 0.29) is 5.56 Å². The number of benzene rings is 6. The zero-order valence-electron chi connectivity index (χ0n) is 25.3. The maximum absolute atomic E-state index is 13.4. The molecule has 0 radical (unpaired) electrons. The van der Waals surface area contributed by atoms with Crippen LogP contribution in [-0.4, -0.2) is 24.3 Å². The first-order valence-electron chi connectivity index (χ1n) is 15.7. The van der Waals surface area contributed by atoms with Crippen LogP contribution in [0.4, 0.5) is 0 Å². The van der Waals surface area contributed by atoms with Crippen molar-refractivity contribution in [3.05, 3.63) is 150 Å². The zero-order valence-corrected chi connectivity index (χ0v) is 25.3. The highest BCUT2D eigenvalue weighted by Crippen LogP contribution is 2.42. The predicted octanol–water partition coefficient (Wildman–Crippen LogP) is 9.19. The number of fused-ring (bicyclic) bond motifs is 5. The molecule has 7 heteroatoms. The predicted molar refractivity (Wildman–Crippen MR) is 190 cm³/mol. The monoisotopic (exact) mass is 617 g/mol. The third-order valence-electron chi connectivity index (χ3n) is 9.10. The molecule has 7 nitrogen and oxygen atoms in total. The van der Waals surface area contributed by atoms with Crippen LogP contribution in [0.2, 0.25) is 0 Å². The Hall–Kier alpha value is -6.73. The van der Waals surface area contributed by atoms with Crippen LogP contribution >= 0.6 is 0 Å². The van der Waals surface area contributed by atoms with Gasteiger partial charge in [-0.05, 0) is 52.9 Å². The fourth-order valence-corrected chi connectivity index (χ4v) is 6.90. The molecule has 0 saturated heterocycles. The van der Waals surface area contributed by atoms with Crippen molar-refractivity contribution in [2.24, 2.45) is 0 Å². The number of pyridine rings is 1. The Balaban J connectivity index is 1.24. The van der Waals surface area contributed by atoms with E-state index in [2.05, 4.69) is 23.2 Å². The van der Waals surface area contributed by atoms with Crippen LogP contribution in [-0.2, 0) is 0 Å². The highest BCUT2D eigenvalue weighted by molar-refractivity contribution is 6.22. The van der Waals surface area contributed by atoms with Gasteiger partial charge in [-0.2, -0.15) is 0 Å². The number of nitrogens with zero attached hydrogens (tertiary/aromatic N) is 5. The molecule has 4 heterocycles. The minimum atomic E-state index is -0.0727. The van der Waals surface area contributed by atoms with Gasteiger partial charge in [-0.25, -0.2) is 19.9 Å². The van der Waals surface area contributed by atoms with Crippen LogP contribution in [0.1, 0.15) is 0 Å². The van der Waals surface area contributed by atoms with E-state index >= 15 is 0 Å². The third-order valence-corrected chi connectivity index (χ3v) is 9.10. The summed E-state index contributed by atoms with van der Waals surface area (Å²) in [6, 6.07) is 44.0. The van der Waals surface area contributed by atoms with E-state index in [9.17, 15) is 4.79 Å². The summed E-state index contributed by atoms with van der Waals surface area (Å²) in [5, 5.41) is 4.46. The molecule has 0 atom stereocenters. The summed E-state index contributed by atoms with van der Waals surface area (Å²) < 4.78 is 8.10. The molecule has 0 N–H and O–H groups in total. The van der Waals surface area contributed by atoms with Gasteiger partial charge in [-0.15, -0.1) is 0 Å². The first-order chi connectivity index (χ1) is 23.7. The maximum atomic E-state index is 13.4. The first-order valence-corrected chi connectivity index (χ1v) is 15.7. The van der Waals surface area contributed by atoms with Crippen molar-refractivity contribution in [3.63, 3.8) is 0 Å². The maximum Gasteiger partial charge on any atom is 0.264 e. The molecule has 0 aliphatic carbocycles. The quantitative estimate of drug-likeness (QED) is 0.183. The van der Waals surface area contributed by atoms with Gasteiger partial charge in [-0.3, -0.25) is 9.20 Å². The second kappa shape index (κ2) is 10.1. The van der Waals surface area contributed by atoms with Crippen LogP contribution in [0, 0.1) is 0 Å². The molecule has 10 rings (SSSR count). The van der Waals surface area contributed by atoms with E-state index in [0.717, 1.165) is 71.6 Å². The van der Waals surface area contributed by atoms with Crippen LogP contribution in [0.15, 0.2) is 149 Å². The standard InChI is InChI=1S/C41H23N5O2/c47-41-30-15-8-7-14-28(30)36-29(19-20-32-37(36)46(41)23-42-32)27-16-9-17-34-35(27)31-22-26(18-21-33(31)48-34)40-44-38(24-10-3-1-4-11-24)43-39(45-40)25-12-5-2-6-13-25/h1-23H. The number of imidazole rings is 1. The van der Waals surface area contributed by atoms with Gasteiger partial charge in [0.05, 0.1) is 11.0 Å². The van der Waals surface area contributed by atoms with Crippen molar-refractivity contribution >= 4 is 49.1 Å². The molecule has 224 valence electrons. The topological polar surface area (TPSA) is 86.2 Å². The molecule has 6 aromatic carbocycles. The number of aromatic nitrogens is 5. The summed E-state index contributed by atoms with van der Waals surface area (Å²) in [6.07, 6.45) is 1.62. The molecular weight excluding hydrogens is 594 g/mol. The molecule has 0 spiro atoms. The second-order valence-corrected chi connectivity index (χ2v) is 11.9. The van der Waals surface area contributed by atoms with E-state index in [1.165, 1.54) is 0 Å². The lowest BCUT2D eigenvalue weighted by atomic mass is 9.93. The fourth-order valence-electron chi connectivity index (χ4n) is 6.90. The Morgan fingerprint density at radius 2 is 1.15 bits per heavy atom. The SMILES string of the molecule is O=c1c2ccccc2c2c(-c3cccc4oc5ccc(-c6nc(-c7ccccc7)nc(-c7ccccc7)n6)cc5c34)ccc3ncn1c32. The Labute approximate surface area is 272 Å². The van der Waals surface area contributed by atoms with Gasteiger partial charge >= 0.3 is 0 Å². The third kappa shape index (κ3) is 3.91. The first kappa shape index (κ1) is 26.5. The van der Waals surface area contributed by atoms with Crippen molar-refractivity contribution < 1.29 is 4.42 Å². The highest BCUT2D eigenvalue weighted by atomic mass is 16.3. The van der Waals surface area contributed by atoms with Gasteiger partial charge in [0.2, 0.25) is 0 Å². The van der Waals surface area contributed by atoms with Gasteiger partial charge in [0.25, 0.3) is 5.56 Å². The lowest BCUT2D eigenvalue weighted by Crippen LogP contribution is -2.12. The average Bonchev–Trinajstić information content (AvgIpc) is 3.76. The van der Waals surface area contributed by atoms with Crippen LogP contribution in [0.5, 0.6) is 0 Å². The number of furan rings is 1. The van der Waals surface area contributed by atoms with E-state index in [1.54, 1.807) is 10.7 Å². The summed E-state index contributed by atoms with van der Waals surface area (Å²) in [6.45, 7) is 0. The Bertz CT molecular complexity index is 2850. The van der Waals surface area contributed by atoms with E-state index in [4.69, 9.17) is 19.4 Å². The van der Waals surface area contributed by atoms with Crippen molar-refractivity contribution in [1.82, 2.24) is 24.3 Å². The summed E-state index contributed by atoms with van der Waals surface area (Å²) in [4.78, 5) is 32.8. The smallest absolute Gasteiger partial charge is 0.264 e. The largest absolute Gasteiger partial charge is 0.456 e. The Morgan fingerprint density at radius 3 is 1.88 bits per heavy atom. The number of hydrogen-bond donors (Lipinski definition) is 0. The molecule has 0 unspecified atom stereocenters. The average molecular weight is 618 g/mol. The molecule has 0 fully saturated rings. The Morgan fingerprint density at radius 1 is 0.500 bits per heavy atom. The molecule has 0 aliphatic heterocycles. The van der Waals surface area contributed by atoms with E-state index in [1.807, 2.05) is 115 Å². The van der Waals surface area contributed by atoms with Crippen molar-refractivity contribution in [1.29, 1.82) is 0 Å². The fraction of sp³-hybridized carbons (Fsp3) is 0. The molecule has 4 aromatic heterocycles. The summed E-state index contributed by atoms with van der Waals surface area (Å²) in [7, 11) is 0. The van der Waals surface area contributed by atoms with Gasteiger partial charge in [0.1, 0.15) is 17.5 Å². The Kier molecular flexibility index (Phi) is 5.59. The molecule has 0 saturated carbocycles. The summed E-state index contributed by atoms with van der Waals surface area (Å²) in [5.41, 5.74) is 7.73. The molecular formula is C41H23N5O2. The van der Waals surface area contributed by atoms with Crippen molar-refractivity contribution in [3.8, 4) is 45.3 Å².